The van der Waals surface area contributed by atoms with Crippen molar-refractivity contribution in [3.63, 3.8) is 0 Å². The molecule has 0 bridgehead atoms. The second-order valence-corrected chi connectivity index (χ2v) is 5.86. The first-order chi connectivity index (χ1) is 9.54. The van der Waals surface area contributed by atoms with Gasteiger partial charge in [-0.2, -0.15) is 0 Å². The van der Waals surface area contributed by atoms with Gasteiger partial charge in [0.2, 0.25) is 5.91 Å². The van der Waals surface area contributed by atoms with Crippen molar-refractivity contribution in [2.75, 3.05) is 10.6 Å². The Morgan fingerprint density at radius 3 is 2.35 bits per heavy atom. The number of carbonyl (C=O) groups is 1. The molecule has 2 N–H and O–H groups in total. The Bertz CT molecular complexity index is 608. The summed E-state index contributed by atoms with van der Waals surface area (Å²) in [6, 6.07) is 14.2. The molecule has 2 aromatic rings. The molecule has 3 nitrogen and oxygen atoms in total. The van der Waals surface area contributed by atoms with Gasteiger partial charge in [-0.15, -0.1) is 0 Å². The summed E-state index contributed by atoms with van der Waals surface area (Å²) < 4.78 is 1.26. The molecule has 0 fully saturated rings. The number of benzene rings is 2. The molecule has 0 aliphatic rings. The zero-order valence-electron chi connectivity index (χ0n) is 11.5. The normalized spacial score (nSPS) is 10.2. The van der Waals surface area contributed by atoms with Crippen LogP contribution in [0, 0.1) is 10.5 Å². The van der Waals surface area contributed by atoms with Crippen LogP contribution in [0.4, 0.5) is 11.4 Å². The monoisotopic (exact) mass is 380 g/mol. The van der Waals surface area contributed by atoms with Gasteiger partial charge in [0, 0.05) is 28.4 Å². The lowest BCUT2D eigenvalue weighted by Gasteiger charge is -2.09. The number of hydrogen-bond donors (Lipinski definition) is 2. The van der Waals surface area contributed by atoms with Crippen LogP contribution in [0.15, 0.2) is 42.5 Å². The molecule has 4 heteroatoms. The van der Waals surface area contributed by atoms with E-state index in [9.17, 15) is 4.79 Å². The van der Waals surface area contributed by atoms with Gasteiger partial charge in [0.25, 0.3) is 0 Å². The largest absolute Gasteiger partial charge is 0.381 e. The maximum Gasteiger partial charge on any atom is 0.221 e. The molecule has 20 heavy (non-hydrogen) atoms. The van der Waals surface area contributed by atoms with Gasteiger partial charge in [0.15, 0.2) is 0 Å². The summed E-state index contributed by atoms with van der Waals surface area (Å²) in [5, 5.41) is 6.16. The average Bonchev–Trinajstić information content (AvgIpc) is 2.41. The minimum atomic E-state index is -0.0508. The van der Waals surface area contributed by atoms with Crippen LogP contribution in [0.5, 0.6) is 0 Å². The predicted octanol–water partition coefficient (Wildman–Crippen LogP) is 4.17. The van der Waals surface area contributed by atoms with Gasteiger partial charge in [-0.1, -0.05) is 18.2 Å². The zero-order chi connectivity index (χ0) is 14.5. The SMILES string of the molecule is CC(=O)Nc1ccc(CNc2ccc(C)c(I)c2)cc1. The molecule has 2 rings (SSSR count). The maximum absolute atomic E-state index is 10.9. The highest BCUT2D eigenvalue weighted by Crippen LogP contribution is 2.18. The molecule has 0 aliphatic heterocycles. The first-order valence-electron chi connectivity index (χ1n) is 6.41. The van der Waals surface area contributed by atoms with Crippen molar-refractivity contribution in [1.82, 2.24) is 0 Å². The number of amides is 1. The van der Waals surface area contributed by atoms with Crippen LogP contribution in [-0.2, 0) is 11.3 Å². The van der Waals surface area contributed by atoms with E-state index in [-0.39, 0.29) is 5.91 Å². The van der Waals surface area contributed by atoms with Crippen molar-refractivity contribution in [1.29, 1.82) is 0 Å². The van der Waals surface area contributed by atoms with Gasteiger partial charge in [0.1, 0.15) is 0 Å². The second kappa shape index (κ2) is 6.74. The van der Waals surface area contributed by atoms with Crippen LogP contribution < -0.4 is 10.6 Å². The van der Waals surface area contributed by atoms with E-state index in [2.05, 4.69) is 58.3 Å². The summed E-state index contributed by atoms with van der Waals surface area (Å²) >= 11 is 2.34. The fourth-order valence-electron chi connectivity index (χ4n) is 1.82. The van der Waals surface area contributed by atoms with Crippen molar-refractivity contribution in [2.24, 2.45) is 0 Å². The Morgan fingerprint density at radius 1 is 1.10 bits per heavy atom. The van der Waals surface area contributed by atoms with Gasteiger partial charge in [-0.25, -0.2) is 0 Å². The van der Waals surface area contributed by atoms with Crippen LogP contribution in [0.1, 0.15) is 18.1 Å². The second-order valence-electron chi connectivity index (χ2n) is 4.70. The van der Waals surface area contributed by atoms with Gasteiger partial charge in [-0.3, -0.25) is 4.79 Å². The topological polar surface area (TPSA) is 41.1 Å². The lowest BCUT2D eigenvalue weighted by molar-refractivity contribution is -0.114. The highest BCUT2D eigenvalue weighted by molar-refractivity contribution is 14.1. The molecule has 0 atom stereocenters. The molecule has 0 aromatic heterocycles. The minimum Gasteiger partial charge on any atom is -0.381 e. The third-order valence-corrected chi connectivity index (χ3v) is 4.10. The molecule has 0 spiro atoms. The molecule has 0 aliphatic carbocycles. The first kappa shape index (κ1) is 14.8. The fourth-order valence-corrected chi connectivity index (χ4v) is 2.33. The highest BCUT2D eigenvalue weighted by Gasteiger charge is 1.99. The quantitative estimate of drug-likeness (QED) is 0.782. The van der Waals surface area contributed by atoms with Gasteiger partial charge < -0.3 is 10.6 Å². The van der Waals surface area contributed by atoms with E-state index in [4.69, 9.17) is 0 Å². The van der Waals surface area contributed by atoms with Gasteiger partial charge >= 0.3 is 0 Å². The van der Waals surface area contributed by atoms with Crippen LogP contribution in [0.3, 0.4) is 0 Å². The van der Waals surface area contributed by atoms with E-state index in [0.717, 1.165) is 17.9 Å². The number of carbonyl (C=O) groups excluding carboxylic acids is 1. The smallest absolute Gasteiger partial charge is 0.221 e. The number of aryl methyl sites for hydroxylation is 1. The Hall–Kier alpha value is -1.56. The molecule has 1 amide bonds. The molecule has 0 heterocycles. The van der Waals surface area contributed by atoms with E-state index in [1.54, 1.807) is 0 Å². The van der Waals surface area contributed by atoms with E-state index < -0.39 is 0 Å². The average molecular weight is 380 g/mol. The van der Waals surface area contributed by atoms with E-state index >= 15 is 0 Å². The maximum atomic E-state index is 10.9. The Labute approximate surface area is 132 Å². The van der Waals surface area contributed by atoms with Crippen molar-refractivity contribution >= 4 is 39.9 Å². The van der Waals surface area contributed by atoms with Gasteiger partial charge in [0.05, 0.1) is 0 Å². The number of rotatable bonds is 4. The van der Waals surface area contributed by atoms with E-state index in [1.165, 1.54) is 21.6 Å². The minimum absolute atomic E-state index is 0.0508. The third-order valence-electron chi connectivity index (χ3n) is 2.94. The Kier molecular flexibility index (Phi) is 5.00. The summed E-state index contributed by atoms with van der Waals surface area (Å²) in [6.45, 7) is 4.38. The van der Waals surface area contributed by atoms with Crippen LogP contribution in [-0.4, -0.2) is 5.91 Å². The zero-order valence-corrected chi connectivity index (χ0v) is 13.7. The molecular weight excluding hydrogens is 363 g/mol. The van der Waals surface area contributed by atoms with Crippen molar-refractivity contribution in [2.45, 2.75) is 20.4 Å². The number of anilines is 2. The summed E-state index contributed by atoms with van der Waals surface area (Å²) in [6.07, 6.45) is 0. The third kappa shape index (κ3) is 4.23. The molecule has 0 saturated carbocycles. The molecule has 0 saturated heterocycles. The Balaban J connectivity index is 1.96. The molecule has 2 aromatic carbocycles. The van der Waals surface area contributed by atoms with E-state index in [0.29, 0.717) is 0 Å². The molecular formula is C16H17IN2O. The van der Waals surface area contributed by atoms with Crippen molar-refractivity contribution in [3.05, 3.63) is 57.2 Å². The number of hydrogen-bond acceptors (Lipinski definition) is 2. The molecule has 0 radical (unpaired) electrons. The first-order valence-corrected chi connectivity index (χ1v) is 7.49. The van der Waals surface area contributed by atoms with Crippen LogP contribution >= 0.6 is 22.6 Å². The summed E-state index contributed by atoms with van der Waals surface area (Å²) in [5.74, 6) is -0.0508. The lowest BCUT2D eigenvalue weighted by Crippen LogP contribution is -2.06. The highest BCUT2D eigenvalue weighted by atomic mass is 127. The van der Waals surface area contributed by atoms with Gasteiger partial charge in [-0.05, 0) is 64.9 Å². The number of halogens is 1. The summed E-state index contributed by atoms with van der Waals surface area (Å²) in [7, 11) is 0. The van der Waals surface area contributed by atoms with Crippen LogP contribution in [0.25, 0.3) is 0 Å². The fraction of sp³-hybridized carbons (Fsp3) is 0.188. The number of nitrogens with one attached hydrogen (secondary N) is 2. The Morgan fingerprint density at radius 2 is 1.75 bits per heavy atom. The van der Waals surface area contributed by atoms with Crippen molar-refractivity contribution in [3.8, 4) is 0 Å². The lowest BCUT2D eigenvalue weighted by atomic mass is 10.2. The van der Waals surface area contributed by atoms with Crippen LogP contribution in [0.2, 0.25) is 0 Å². The molecule has 0 unspecified atom stereocenters. The standard InChI is InChI=1S/C16H17IN2O/c1-11-3-6-15(9-16(11)17)18-10-13-4-7-14(8-5-13)19-12(2)20/h3-9,18H,10H2,1-2H3,(H,19,20). The van der Waals surface area contributed by atoms with Crippen molar-refractivity contribution < 1.29 is 4.79 Å². The predicted molar refractivity (Wildman–Crippen MR) is 92.0 cm³/mol. The molecule has 104 valence electrons. The summed E-state index contributed by atoms with van der Waals surface area (Å²) in [4.78, 5) is 10.9. The van der Waals surface area contributed by atoms with E-state index in [1.807, 2.05) is 24.3 Å². The summed E-state index contributed by atoms with van der Waals surface area (Å²) in [5.41, 5.74) is 4.41.